The number of carboxylic acid groups (broad SMARTS) is 1. The van der Waals surface area contributed by atoms with Gasteiger partial charge in [0.1, 0.15) is 36.9 Å². The zero-order valence-corrected chi connectivity index (χ0v) is 40.4. The van der Waals surface area contributed by atoms with E-state index in [0.29, 0.717) is 11.1 Å². The van der Waals surface area contributed by atoms with Gasteiger partial charge in [-0.05, 0) is 80.0 Å². The average molecular weight is 1040 g/mol. The number of phosphoric ester groups is 1. The van der Waals surface area contributed by atoms with Gasteiger partial charge in [-0.2, -0.15) is 8.62 Å². The summed E-state index contributed by atoms with van der Waals surface area (Å²) in [5, 5.41) is 26.1. The fourth-order valence-electron chi connectivity index (χ4n) is 10.7. The summed E-state index contributed by atoms with van der Waals surface area (Å²) in [5.41, 5.74) is 6.09. The average Bonchev–Trinajstić information content (AvgIpc) is 3.68. The number of nitrogens with zero attached hydrogens (tertiary/aromatic N) is 3. The summed E-state index contributed by atoms with van der Waals surface area (Å²) >= 11 is 0. The highest BCUT2D eigenvalue weighted by Crippen LogP contribution is 2.66. The van der Waals surface area contributed by atoms with E-state index in [1.807, 2.05) is 0 Å². The number of H-pyrrole nitrogens is 1. The fourth-order valence-corrected chi connectivity index (χ4v) is 13.7. The number of hydrogen-bond donors (Lipinski definition) is 8. The third-order valence-corrected chi connectivity index (χ3v) is 17.3. The summed E-state index contributed by atoms with van der Waals surface area (Å²) in [6, 6.07) is 8.82. The lowest BCUT2D eigenvalue weighted by Crippen LogP contribution is -2.45. The number of hydrogen-bond acceptors (Lipinski definition) is 14. The third kappa shape index (κ3) is 9.82. The quantitative estimate of drug-likeness (QED) is 0.0583. The Morgan fingerprint density at radius 3 is 2.38 bits per heavy atom. The zero-order valence-electron chi connectivity index (χ0n) is 37.7. The van der Waals surface area contributed by atoms with Gasteiger partial charge in [0.25, 0.3) is 11.5 Å². The number of carbonyl (C=O) groups is 2. The van der Waals surface area contributed by atoms with Crippen molar-refractivity contribution in [2.24, 2.45) is 0 Å². The van der Waals surface area contributed by atoms with Gasteiger partial charge in [0.2, 0.25) is 5.36 Å². The van der Waals surface area contributed by atoms with Crippen LogP contribution < -0.4 is 41.4 Å². The molecule has 6 aliphatic heterocycles. The topological polar surface area (TPSA) is 326 Å². The number of aromatic amines is 1. The van der Waals surface area contributed by atoms with Crippen molar-refractivity contribution in [2.45, 2.75) is 76.2 Å². The Labute approximate surface area is 402 Å². The minimum atomic E-state index is -5.81. The standard InChI is InChI=1S/C45H48N5O18P3/c51-34-21-36(65-35(34)23-64-70(60,61)68-71(62,63)67-69(57,58)59)50-22-27(43(53)47-45(50)56)6-1-13-46-42(52)26-11-12-28(44(54)55)31(20-26)37-32-18-24-7-2-14-48-16-4-9-29(38(24)48)40(32)66-41-30-10-5-17-49-15-3-8-25(39(30)49)19-33(37)41/h1,6,11-12,18-20,22,34-36,51H,2-5,7-10,13-17,21,23H2,(H6-,46,47,52,53,54,55,56,57,58,59,60,61,62,63)/p+1/b6-1+/t34-,35+,36+/m0/s1. The van der Waals surface area contributed by atoms with Crippen LogP contribution in [0.4, 0.5) is 5.69 Å². The number of nitrogens with one attached hydrogen (secondary N) is 2. The number of anilines is 1. The SMILES string of the molecule is O=C(NC/C=C/c1cn([C@H]2C[C@H](O)[C@@H](COP(=O)(O)OP(=O)(O)OP(=O)(O)O)O2)c(=O)[nH]c1=O)c1ccc(C(=O)O)c(C2=c3cc4c5c(c3Oc3c2cc2c6c3CCCN6CCC2)CCC[N+]=5CCC4)c1. The van der Waals surface area contributed by atoms with Crippen LogP contribution in [0.1, 0.15) is 98.0 Å². The minimum absolute atomic E-state index is 0.0231. The van der Waals surface area contributed by atoms with Gasteiger partial charge in [0.05, 0.1) is 29.4 Å². The molecule has 0 spiro atoms. The van der Waals surface area contributed by atoms with E-state index in [2.05, 4.69) is 45.1 Å². The molecule has 1 aromatic heterocycles. The molecule has 26 heteroatoms. The first-order chi connectivity index (χ1) is 33.7. The second kappa shape index (κ2) is 18.9. The van der Waals surface area contributed by atoms with Crippen LogP contribution in [0.2, 0.25) is 0 Å². The molecule has 0 saturated carbocycles. The number of carbonyl (C=O) groups excluding carboxylic acids is 1. The van der Waals surface area contributed by atoms with Gasteiger partial charge >= 0.3 is 35.1 Å². The third-order valence-electron chi connectivity index (χ3n) is 13.5. The smallest absolute Gasteiger partial charge is 0.478 e. The van der Waals surface area contributed by atoms with Crippen molar-refractivity contribution in [3.63, 3.8) is 0 Å². The summed E-state index contributed by atoms with van der Waals surface area (Å²) in [6.45, 7) is 2.73. The van der Waals surface area contributed by atoms with E-state index in [1.165, 1.54) is 46.5 Å². The number of aliphatic hydroxyl groups is 1. The molecule has 23 nitrogen and oxygen atoms in total. The summed E-state index contributed by atoms with van der Waals surface area (Å²) in [6.07, 6.45) is 6.64. The zero-order chi connectivity index (χ0) is 50.1. The van der Waals surface area contributed by atoms with Gasteiger partial charge in [0.15, 0.2) is 0 Å². The van der Waals surface area contributed by atoms with Crippen LogP contribution in [0.5, 0.6) is 11.5 Å². The number of fused-ring (bicyclic) bond motifs is 4. The molecule has 1 amide bonds. The predicted octanol–water partition coefficient (Wildman–Crippen LogP) is 2.10. The Morgan fingerprint density at radius 1 is 0.887 bits per heavy atom. The molecule has 8 N–H and O–H groups in total. The van der Waals surface area contributed by atoms with Crippen molar-refractivity contribution in [2.75, 3.05) is 44.2 Å². The summed E-state index contributed by atoms with van der Waals surface area (Å²) in [5.74, 6) is -0.222. The monoisotopic (exact) mass is 1040 g/mol. The van der Waals surface area contributed by atoms with Crippen molar-refractivity contribution in [1.82, 2.24) is 19.4 Å². The Morgan fingerprint density at radius 2 is 1.62 bits per heavy atom. The van der Waals surface area contributed by atoms with Crippen LogP contribution in [0.3, 0.4) is 0 Å². The largest absolute Gasteiger partial charge is 0.490 e. The van der Waals surface area contributed by atoms with Crippen LogP contribution in [0.15, 0.2) is 52.2 Å². The highest BCUT2D eigenvalue weighted by molar-refractivity contribution is 7.66. The highest BCUT2D eigenvalue weighted by Gasteiger charge is 2.43. The first-order valence-electron chi connectivity index (χ1n) is 23.0. The molecule has 0 aliphatic carbocycles. The van der Waals surface area contributed by atoms with E-state index in [1.54, 1.807) is 6.07 Å². The number of carboxylic acids is 1. The van der Waals surface area contributed by atoms with E-state index in [4.69, 9.17) is 19.3 Å². The molecule has 7 heterocycles. The lowest BCUT2D eigenvalue weighted by atomic mass is 9.81. The first kappa shape index (κ1) is 49.2. The van der Waals surface area contributed by atoms with Crippen LogP contribution in [0.25, 0.3) is 11.6 Å². The van der Waals surface area contributed by atoms with Crippen LogP contribution in [-0.2, 0) is 57.3 Å². The number of benzene rings is 3. The normalized spacial score (nSPS) is 21.9. The van der Waals surface area contributed by atoms with E-state index >= 15 is 0 Å². The van der Waals surface area contributed by atoms with Gasteiger partial charge in [-0.25, -0.2) is 27.9 Å². The van der Waals surface area contributed by atoms with Gasteiger partial charge in [-0.1, -0.05) is 12.2 Å². The lowest BCUT2D eigenvalue weighted by molar-refractivity contribution is -0.0450. The van der Waals surface area contributed by atoms with Crippen molar-refractivity contribution >= 4 is 52.7 Å². The molecule has 3 aromatic carbocycles. The van der Waals surface area contributed by atoms with E-state index in [-0.39, 0.29) is 29.7 Å². The highest BCUT2D eigenvalue weighted by atomic mass is 31.3. The maximum atomic E-state index is 14.0. The molecule has 0 radical (unpaired) electrons. The van der Waals surface area contributed by atoms with Gasteiger partial charge in [-0.3, -0.25) is 23.7 Å². The second-order valence-electron chi connectivity index (χ2n) is 18.1. The number of rotatable bonds is 14. The molecule has 4 aromatic rings. The first-order valence-corrected chi connectivity index (χ1v) is 27.5. The Hall–Kier alpha value is -5.38. The van der Waals surface area contributed by atoms with Gasteiger partial charge in [-0.15, -0.1) is 0 Å². The van der Waals surface area contributed by atoms with Crippen molar-refractivity contribution in [3.05, 3.63) is 124 Å². The lowest BCUT2D eigenvalue weighted by Gasteiger charge is -2.39. The molecule has 6 aliphatic rings. The molecule has 2 unspecified atom stereocenters. The van der Waals surface area contributed by atoms with Crippen LogP contribution in [0, 0.1) is 0 Å². The summed E-state index contributed by atoms with van der Waals surface area (Å²) < 4.78 is 62.8. The van der Waals surface area contributed by atoms with Crippen LogP contribution >= 0.6 is 23.5 Å². The molecule has 71 heavy (non-hydrogen) atoms. The van der Waals surface area contributed by atoms with Gasteiger partial charge in [0, 0.05) is 83.8 Å². The summed E-state index contributed by atoms with van der Waals surface area (Å²) in [7, 11) is -17.0. The Kier molecular flexibility index (Phi) is 13.1. The second-order valence-corrected chi connectivity index (χ2v) is 22.5. The molecule has 1 fully saturated rings. The fraction of sp³-hybridized carbons (Fsp3) is 0.400. The number of aromatic nitrogens is 2. The van der Waals surface area contributed by atoms with E-state index < -0.39 is 71.6 Å². The molecule has 376 valence electrons. The van der Waals surface area contributed by atoms with Crippen molar-refractivity contribution in [3.8, 4) is 11.5 Å². The number of amides is 1. The maximum Gasteiger partial charge on any atom is 0.490 e. The number of aromatic carboxylic acids is 1. The van der Waals surface area contributed by atoms with Crippen molar-refractivity contribution < 1.29 is 75.7 Å². The minimum Gasteiger partial charge on any atom is -0.478 e. The molecular formula is C45H49N5O18P3+. The Balaban J connectivity index is 0.913. The molecular weight excluding hydrogens is 991 g/mol. The number of phosphoric acid groups is 3. The van der Waals surface area contributed by atoms with E-state index in [9.17, 15) is 52.9 Å². The molecule has 1 saturated heterocycles. The molecule has 5 atom stereocenters. The molecule has 0 bridgehead atoms. The number of aryl methyl sites for hydroxylation is 2. The maximum absolute atomic E-state index is 14.0. The van der Waals surface area contributed by atoms with E-state index in [0.717, 1.165) is 122 Å². The Bertz CT molecular complexity index is 3360. The predicted molar refractivity (Wildman–Crippen MR) is 251 cm³/mol. The van der Waals surface area contributed by atoms with Gasteiger partial charge < -0.3 is 49.5 Å². The number of aliphatic hydroxyl groups excluding tert-OH is 1. The van der Waals surface area contributed by atoms with Crippen LogP contribution in [-0.4, -0.2) is 103 Å². The number of ether oxygens (including phenoxy) is 2. The molecule has 10 rings (SSSR count). The van der Waals surface area contributed by atoms with Crippen molar-refractivity contribution in [1.29, 1.82) is 0 Å². The summed E-state index contributed by atoms with van der Waals surface area (Å²) in [4.78, 5) is 94.1.